The largest absolute Gasteiger partial charge is 0.495 e. The molecule has 0 aliphatic heterocycles. The number of hydrogen-bond acceptors (Lipinski definition) is 9. The van der Waals surface area contributed by atoms with Gasteiger partial charge in [0.1, 0.15) is 15.9 Å². The standard InChI is InChI=1S/C13H11ClN6OS2/c1-21-8-5-3-2-4-7(8)16-12-19-20-13(23-12)22-10-6-9(14)17-11(15)18-10/h2-6H,1H3,(H,16,19)(H2,15,17,18). The highest BCUT2D eigenvalue weighted by Crippen LogP contribution is 2.34. The van der Waals surface area contributed by atoms with Crippen molar-refractivity contribution in [2.45, 2.75) is 9.37 Å². The van der Waals surface area contributed by atoms with Gasteiger partial charge in [0.15, 0.2) is 4.34 Å². The molecular weight excluding hydrogens is 356 g/mol. The fourth-order valence-corrected chi connectivity index (χ4v) is 3.69. The second-order valence-electron chi connectivity index (χ2n) is 4.19. The van der Waals surface area contributed by atoms with Gasteiger partial charge in [-0.2, -0.15) is 0 Å². The van der Waals surface area contributed by atoms with Crippen LogP contribution in [-0.4, -0.2) is 27.3 Å². The average molecular weight is 367 g/mol. The molecule has 0 atom stereocenters. The van der Waals surface area contributed by atoms with Crippen molar-refractivity contribution in [2.75, 3.05) is 18.2 Å². The molecule has 2 heterocycles. The number of aromatic nitrogens is 4. The van der Waals surface area contributed by atoms with Crippen molar-refractivity contribution in [3.05, 3.63) is 35.5 Å². The fourth-order valence-electron chi connectivity index (χ4n) is 1.72. The number of nitrogen functional groups attached to an aromatic ring is 1. The van der Waals surface area contributed by atoms with E-state index < -0.39 is 0 Å². The Morgan fingerprint density at radius 3 is 2.87 bits per heavy atom. The van der Waals surface area contributed by atoms with E-state index in [4.69, 9.17) is 22.1 Å². The number of ether oxygens (including phenoxy) is 1. The van der Waals surface area contributed by atoms with E-state index in [0.717, 1.165) is 11.4 Å². The van der Waals surface area contributed by atoms with Gasteiger partial charge < -0.3 is 15.8 Å². The average Bonchev–Trinajstić information content (AvgIpc) is 2.94. The van der Waals surface area contributed by atoms with Crippen LogP contribution in [0.4, 0.5) is 16.8 Å². The molecule has 7 nitrogen and oxygen atoms in total. The van der Waals surface area contributed by atoms with Crippen LogP contribution in [0.5, 0.6) is 5.75 Å². The topological polar surface area (TPSA) is 98.8 Å². The van der Waals surface area contributed by atoms with E-state index in [0.29, 0.717) is 14.5 Å². The Labute approximate surface area is 145 Å². The van der Waals surface area contributed by atoms with Crippen LogP contribution >= 0.6 is 34.7 Å². The van der Waals surface area contributed by atoms with Crippen LogP contribution in [0.1, 0.15) is 0 Å². The summed E-state index contributed by atoms with van der Waals surface area (Å²) < 4.78 is 5.99. The highest BCUT2D eigenvalue weighted by atomic mass is 35.5. The molecule has 0 saturated heterocycles. The van der Waals surface area contributed by atoms with Crippen LogP contribution in [-0.2, 0) is 0 Å². The van der Waals surface area contributed by atoms with Gasteiger partial charge in [0.25, 0.3) is 0 Å². The number of benzene rings is 1. The molecule has 0 radical (unpaired) electrons. The minimum absolute atomic E-state index is 0.122. The van der Waals surface area contributed by atoms with Gasteiger partial charge in [0.05, 0.1) is 12.8 Å². The quantitative estimate of drug-likeness (QED) is 0.662. The van der Waals surface area contributed by atoms with Crippen LogP contribution in [0.3, 0.4) is 0 Å². The summed E-state index contributed by atoms with van der Waals surface area (Å²) in [6.45, 7) is 0. The molecule has 0 amide bonds. The van der Waals surface area contributed by atoms with Crippen molar-refractivity contribution in [3.8, 4) is 5.75 Å². The number of anilines is 3. The Morgan fingerprint density at radius 2 is 2.09 bits per heavy atom. The number of nitrogens with one attached hydrogen (secondary N) is 1. The zero-order valence-electron chi connectivity index (χ0n) is 11.9. The van der Waals surface area contributed by atoms with Gasteiger partial charge in [-0.3, -0.25) is 0 Å². The van der Waals surface area contributed by atoms with Crippen LogP contribution in [0, 0.1) is 0 Å². The number of para-hydroxylation sites is 2. The Morgan fingerprint density at radius 1 is 1.26 bits per heavy atom. The summed E-state index contributed by atoms with van der Waals surface area (Å²) in [4.78, 5) is 7.91. The summed E-state index contributed by atoms with van der Waals surface area (Å²) >= 11 is 8.56. The van der Waals surface area contributed by atoms with E-state index in [1.54, 1.807) is 13.2 Å². The summed E-state index contributed by atoms with van der Waals surface area (Å²) in [6.07, 6.45) is 0. The SMILES string of the molecule is COc1ccccc1Nc1nnc(Sc2cc(Cl)nc(N)n2)s1. The van der Waals surface area contributed by atoms with Crippen molar-refractivity contribution in [1.82, 2.24) is 20.2 Å². The van der Waals surface area contributed by atoms with Crippen molar-refractivity contribution in [3.63, 3.8) is 0 Å². The number of nitrogens with zero attached hydrogens (tertiary/aromatic N) is 4. The lowest BCUT2D eigenvalue weighted by Gasteiger charge is -2.07. The van der Waals surface area contributed by atoms with E-state index in [1.807, 2.05) is 24.3 Å². The van der Waals surface area contributed by atoms with Crippen molar-refractivity contribution < 1.29 is 4.74 Å². The molecule has 3 N–H and O–H groups in total. The maximum Gasteiger partial charge on any atom is 0.222 e. The number of nitrogens with two attached hydrogens (primary N) is 1. The molecule has 0 fully saturated rings. The second kappa shape index (κ2) is 6.99. The Balaban J connectivity index is 1.75. The minimum Gasteiger partial charge on any atom is -0.495 e. The van der Waals surface area contributed by atoms with Crippen LogP contribution in [0.15, 0.2) is 39.7 Å². The third-order valence-electron chi connectivity index (χ3n) is 2.64. The van der Waals surface area contributed by atoms with Crippen LogP contribution < -0.4 is 15.8 Å². The first-order valence-corrected chi connectivity index (χ1v) is 8.36. The minimum atomic E-state index is 0.122. The molecule has 2 aromatic heterocycles. The highest BCUT2D eigenvalue weighted by molar-refractivity contribution is 8.01. The molecule has 118 valence electrons. The van der Waals surface area contributed by atoms with E-state index in [1.165, 1.54) is 23.1 Å². The molecule has 0 aliphatic carbocycles. The molecule has 0 saturated carbocycles. The van der Waals surface area contributed by atoms with Gasteiger partial charge in [-0.25, -0.2) is 9.97 Å². The maximum absolute atomic E-state index is 5.86. The Hall–Kier alpha value is -2.10. The zero-order chi connectivity index (χ0) is 16.2. The third-order valence-corrected chi connectivity index (χ3v) is 4.64. The lowest BCUT2D eigenvalue weighted by atomic mass is 10.3. The molecule has 0 bridgehead atoms. The number of halogens is 1. The summed E-state index contributed by atoms with van der Waals surface area (Å²) in [5, 5.41) is 12.9. The molecule has 0 spiro atoms. The monoisotopic (exact) mass is 366 g/mol. The molecule has 0 aliphatic rings. The van der Waals surface area contributed by atoms with Gasteiger partial charge in [0, 0.05) is 6.07 Å². The first-order valence-electron chi connectivity index (χ1n) is 6.35. The van der Waals surface area contributed by atoms with Crippen molar-refractivity contribution in [1.29, 1.82) is 0 Å². The summed E-state index contributed by atoms with van der Waals surface area (Å²) in [7, 11) is 1.62. The number of methoxy groups -OCH3 is 1. The van der Waals surface area contributed by atoms with Crippen LogP contribution in [0.25, 0.3) is 0 Å². The zero-order valence-corrected chi connectivity index (χ0v) is 14.2. The highest BCUT2D eigenvalue weighted by Gasteiger charge is 2.10. The molecule has 0 unspecified atom stereocenters. The Kier molecular flexibility index (Phi) is 4.79. The van der Waals surface area contributed by atoms with Crippen LogP contribution in [0.2, 0.25) is 5.15 Å². The third kappa shape index (κ3) is 4.01. The number of hydrogen-bond donors (Lipinski definition) is 2. The lowest BCUT2D eigenvalue weighted by molar-refractivity contribution is 0.417. The van der Waals surface area contributed by atoms with Gasteiger partial charge in [-0.05, 0) is 23.9 Å². The normalized spacial score (nSPS) is 10.5. The van der Waals surface area contributed by atoms with Gasteiger partial charge >= 0.3 is 0 Å². The fraction of sp³-hybridized carbons (Fsp3) is 0.0769. The van der Waals surface area contributed by atoms with Gasteiger partial charge in [-0.1, -0.05) is 35.1 Å². The predicted octanol–water partition coefficient (Wildman–Crippen LogP) is 3.47. The summed E-state index contributed by atoms with van der Waals surface area (Å²) in [5.41, 5.74) is 6.39. The van der Waals surface area contributed by atoms with E-state index in [2.05, 4.69) is 25.5 Å². The van der Waals surface area contributed by atoms with Gasteiger partial charge in [-0.15, -0.1) is 10.2 Å². The van der Waals surface area contributed by atoms with E-state index in [-0.39, 0.29) is 11.1 Å². The summed E-state index contributed by atoms with van der Waals surface area (Å²) in [6, 6.07) is 9.20. The molecule has 1 aromatic carbocycles. The van der Waals surface area contributed by atoms with Gasteiger partial charge in [0.2, 0.25) is 11.1 Å². The maximum atomic E-state index is 5.86. The molecular formula is C13H11ClN6OS2. The molecule has 10 heteroatoms. The van der Waals surface area contributed by atoms with E-state index >= 15 is 0 Å². The molecule has 3 rings (SSSR count). The number of rotatable bonds is 5. The smallest absolute Gasteiger partial charge is 0.222 e. The first kappa shape index (κ1) is 15.8. The van der Waals surface area contributed by atoms with E-state index in [9.17, 15) is 0 Å². The summed E-state index contributed by atoms with van der Waals surface area (Å²) in [5.74, 6) is 0.851. The molecule has 3 aromatic rings. The lowest BCUT2D eigenvalue weighted by Crippen LogP contribution is -1.95. The first-order chi connectivity index (χ1) is 11.1. The molecule has 23 heavy (non-hydrogen) atoms. The predicted molar refractivity (Wildman–Crippen MR) is 91.8 cm³/mol. The second-order valence-corrected chi connectivity index (χ2v) is 6.82. The Bertz CT molecular complexity index is 807. The van der Waals surface area contributed by atoms with Crippen molar-refractivity contribution >= 4 is 51.5 Å². The van der Waals surface area contributed by atoms with Crippen molar-refractivity contribution in [2.24, 2.45) is 0 Å².